The van der Waals surface area contributed by atoms with Crippen LogP contribution in [0.2, 0.25) is 0 Å². The highest BCUT2D eigenvalue weighted by Gasteiger charge is 2.12. The maximum Gasteiger partial charge on any atom is 0.252 e. The van der Waals surface area contributed by atoms with E-state index in [0.29, 0.717) is 0 Å². The molecule has 2 aromatic rings. The molecule has 2 nitrogen and oxygen atoms in total. The third-order valence-corrected chi connectivity index (χ3v) is 4.71. The molecule has 84 valence electrons. The van der Waals surface area contributed by atoms with Crippen molar-refractivity contribution >= 4 is 51.2 Å². The van der Waals surface area contributed by atoms with Gasteiger partial charge in [-0.15, -0.1) is 11.3 Å². The molecule has 0 saturated heterocycles. The van der Waals surface area contributed by atoms with Crippen LogP contribution in [0.1, 0.15) is 28.9 Å². The molecule has 16 heavy (non-hydrogen) atoms. The lowest BCUT2D eigenvalue weighted by Crippen LogP contribution is -2.25. The topological polar surface area (TPSA) is 29.1 Å². The van der Waals surface area contributed by atoms with Gasteiger partial charge in [0.15, 0.2) is 0 Å². The van der Waals surface area contributed by atoms with Crippen LogP contribution in [0.25, 0.3) is 0 Å². The molecule has 1 amide bonds. The van der Waals surface area contributed by atoms with Crippen molar-refractivity contribution in [1.82, 2.24) is 5.32 Å². The Labute approximate surface area is 116 Å². The van der Waals surface area contributed by atoms with Gasteiger partial charge < -0.3 is 5.32 Å². The second-order valence-corrected chi connectivity index (χ2v) is 6.98. The van der Waals surface area contributed by atoms with Crippen molar-refractivity contribution in [3.05, 3.63) is 42.3 Å². The predicted molar refractivity (Wildman–Crippen MR) is 77.2 cm³/mol. The summed E-state index contributed by atoms with van der Waals surface area (Å²) in [4.78, 5) is 11.9. The second kappa shape index (κ2) is 5.29. The summed E-state index contributed by atoms with van der Waals surface area (Å²) >= 11 is 5.45. The summed E-state index contributed by atoms with van der Waals surface area (Å²) in [6.07, 6.45) is 0. The number of nitrogens with one attached hydrogen (secondary N) is 1. The first-order valence-electron chi connectivity index (χ1n) is 4.74. The molecule has 0 bridgehead atoms. The van der Waals surface area contributed by atoms with E-state index >= 15 is 0 Å². The van der Waals surface area contributed by atoms with Crippen LogP contribution in [-0.4, -0.2) is 5.91 Å². The first kappa shape index (κ1) is 12.1. The molecule has 0 aliphatic rings. The minimum Gasteiger partial charge on any atom is -0.345 e. The Kier molecular flexibility index (Phi) is 3.99. The molecule has 0 fully saturated rings. The molecule has 0 saturated carbocycles. The highest BCUT2D eigenvalue weighted by atomic mass is 127. The molecule has 0 aromatic carbocycles. The summed E-state index contributed by atoms with van der Waals surface area (Å²) in [7, 11) is 0. The molecule has 2 heterocycles. The van der Waals surface area contributed by atoms with Crippen molar-refractivity contribution < 1.29 is 4.79 Å². The fraction of sp³-hybridized carbons (Fsp3) is 0.182. The third-order valence-electron chi connectivity index (χ3n) is 2.22. The Morgan fingerprint density at radius 2 is 2.31 bits per heavy atom. The molecular formula is C11H10INOS2. The normalized spacial score (nSPS) is 12.4. The minimum absolute atomic E-state index is 0.00198. The highest BCUT2D eigenvalue weighted by Crippen LogP contribution is 2.19. The van der Waals surface area contributed by atoms with Gasteiger partial charge in [0.1, 0.15) is 0 Å². The van der Waals surface area contributed by atoms with E-state index in [1.807, 2.05) is 29.8 Å². The fourth-order valence-electron chi connectivity index (χ4n) is 1.31. The van der Waals surface area contributed by atoms with E-state index in [9.17, 15) is 4.79 Å². The maximum atomic E-state index is 11.9. The maximum absolute atomic E-state index is 11.9. The summed E-state index contributed by atoms with van der Waals surface area (Å²) in [5, 5.41) is 8.95. The van der Waals surface area contributed by atoms with Crippen molar-refractivity contribution in [2.45, 2.75) is 13.0 Å². The van der Waals surface area contributed by atoms with Crippen LogP contribution in [0, 0.1) is 2.88 Å². The highest BCUT2D eigenvalue weighted by molar-refractivity contribution is 14.1. The summed E-state index contributed by atoms with van der Waals surface area (Å²) in [6.45, 7) is 2.00. The summed E-state index contributed by atoms with van der Waals surface area (Å²) < 4.78 is 1.13. The van der Waals surface area contributed by atoms with E-state index < -0.39 is 0 Å². The van der Waals surface area contributed by atoms with E-state index in [0.717, 1.165) is 14.0 Å². The molecule has 0 aliphatic carbocycles. The molecule has 1 N–H and O–H groups in total. The van der Waals surface area contributed by atoms with Crippen molar-refractivity contribution in [3.8, 4) is 0 Å². The summed E-state index contributed by atoms with van der Waals surface area (Å²) in [5.74, 6) is -0.00198. The number of amides is 1. The molecule has 0 spiro atoms. The molecule has 1 atom stereocenters. The van der Waals surface area contributed by atoms with Gasteiger partial charge in [0.2, 0.25) is 0 Å². The summed E-state index contributed by atoms with van der Waals surface area (Å²) in [6, 6.07) is 4.00. The fourth-order valence-corrected chi connectivity index (χ4v) is 3.39. The van der Waals surface area contributed by atoms with Crippen LogP contribution in [0.3, 0.4) is 0 Å². The van der Waals surface area contributed by atoms with Crippen LogP contribution < -0.4 is 5.32 Å². The lowest BCUT2D eigenvalue weighted by Gasteiger charge is -2.11. The van der Waals surface area contributed by atoms with Gasteiger partial charge in [-0.05, 0) is 58.0 Å². The SMILES string of the molecule is CC(NC(=O)c1csc(I)c1)c1ccsc1. The second-order valence-electron chi connectivity index (χ2n) is 3.39. The van der Waals surface area contributed by atoms with E-state index in [-0.39, 0.29) is 11.9 Å². The van der Waals surface area contributed by atoms with E-state index in [2.05, 4.69) is 33.3 Å². The number of rotatable bonds is 3. The van der Waals surface area contributed by atoms with Gasteiger partial charge in [0.25, 0.3) is 5.91 Å². The van der Waals surface area contributed by atoms with Crippen LogP contribution in [0.4, 0.5) is 0 Å². The van der Waals surface area contributed by atoms with E-state index in [1.54, 1.807) is 22.7 Å². The van der Waals surface area contributed by atoms with Crippen LogP contribution >= 0.6 is 45.3 Å². The number of carbonyl (C=O) groups excluding carboxylic acids is 1. The first-order chi connectivity index (χ1) is 7.66. The van der Waals surface area contributed by atoms with Crippen molar-refractivity contribution in [2.75, 3.05) is 0 Å². The summed E-state index contributed by atoms with van der Waals surface area (Å²) in [5.41, 5.74) is 1.90. The lowest BCUT2D eigenvalue weighted by atomic mass is 10.2. The Bertz CT molecular complexity index is 478. The molecule has 1 unspecified atom stereocenters. The lowest BCUT2D eigenvalue weighted by molar-refractivity contribution is 0.0940. The average molecular weight is 363 g/mol. The largest absolute Gasteiger partial charge is 0.345 e. The zero-order valence-corrected chi connectivity index (χ0v) is 12.4. The van der Waals surface area contributed by atoms with Gasteiger partial charge >= 0.3 is 0 Å². The Balaban J connectivity index is 2.03. The molecule has 2 rings (SSSR count). The molecule has 5 heteroatoms. The zero-order valence-electron chi connectivity index (χ0n) is 8.57. The number of carbonyl (C=O) groups is 1. The average Bonchev–Trinajstić information content (AvgIpc) is 2.87. The van der Waals surface area contributed by atoms with Gasteiger partial charge in [-0.2, -0.15) is 11.3 Å². The molecule has 0 aliphatic heterocycles. The van der Waals surface area contributed by atoms with Crippen LogP contribution in [-0.2, 0) is 0 Å². The first-order valence-corrected chi connectivity index (χ1v) is 7.64. The molecule has 0 radical (unpaired) electrons. The van der Waals surface area contributed by atoms with Gasteiger partial charge in [0.05, 0.1) is 14.5 Å². The van der Waals surface area contributed by atoms with Crippen LogP contribution in [0.5, 0.6) is 0 Å². The number of hydrogen-bond acceptors (Lipinski definition) is 3. The monoisotopic (exact) mass is 363 g/mol. The van der Waals surface area contributed by atoms with Gasteiger partial charge in [-0.25, -0.2) is 0 Å². The Morgan fingerprint density at radius 1 is 1.50 bits per heavy atom. The third kappa shape index (κ3) is 2.83. The van der Waals surface area contributed by atoms with E-state index in [1.165, 1.54) is 0 Å². The smallest absolute Gasteiger partial charge is 0.252 e. The number of hydrogen-bond donors (Lipinski definition) is 1. The molecular weight excluding hydrogens is 353 g/mol. The number of halogens is 1. The molecule has 2 aromatic heterocycles. The van der Waals surface area contributed by atoms with Gasteiger partial charge in [0, 0.05) is 5.38 Å². The van der Waals surface area contributed by atoms with E-state index in [4.69, 9.17) is 0 Å². The van der Waals surface area contributed by atoms with Gasteiger partial charge in [-0.1, -0.05) is 0 Å². The predicted octanol–water partition coefficient (Wildman–Crippen LogP) is 3.91. The quantitative estimate of drug-likeness (QED) is 0.824. The standard InChI is InChI=1S/C11H10INOS2/c1-7(8-2-3-15-5-8)13-11(14)9-4-10(12)16-6-9/h2-7H,1H3,(H,13,14). The Morgan fingerprint density at radius 3 is 2.88 bits per heavy atom. The van der Waals surface area contributed by atoms with Crippen molar-refractivity contribution in [2.24, 2.45) is 0 Å². The van der Waals surface area contributed by atoms with Crippen LogP contribution in [0.15, 0.2) is 28.3 Å². The zero-order chi connectivity index (χ0) is 11.5. The van der Waals surface area contributed by atoms with Gasteiger partial charge in [-0.3, -0.25) is 4.79 Å². The van der Waals surface area contributed by atoms with Crippen molar-refractivity contribution in [1.29, 1.82) is 0 Å². The minimum atomic E-state index is -0.00198. The number of thiophene rings is 2. The Hall–Kier alpha value is -0.400. The van der Waals surface area contributed by atoms with Crippen molar-refractivity contribution in [3.63, 3.8) is 0 Å².